The molecule has 1 amide bonds. The lowest BCUT2D eigenvalue weighted by Crippen LogP contribution is -2.25. The van der Waals surface area contributed by atoms with Gasteiger partial charge in [-0.3, -0.25) is 4.79 Å². The van der Waals surface area contributed by atoms with E-state index in [4.69, 9.17) is 4.74 Å². The van der Waals surface area contributed by atoms with Crippen LogP contribution in [0.5, 0.6) is 5.75 Å². The maximum atomic E-state index is 11.9. The number of carbonyl (C=O) groups is 1. The molecule has 4 nitrogen and oxygen atoms in total. The van der Waals surface area contributed by atoms with Gasteiger partial charge in [-0.2, -0.15) is 5.10 Å². The first kappa shape index (κ1) is 18.4. The zero-order valence-corrected chi connectivity index (χ0v) is 15.5. The third-order valence-electron chi connectivity index (χ3n) is 4.15. The molecule has 0 heterocycles. The van der Waals surface area contributed by atoms with E-state index in [-0.39, 0.29) is 12.5 Å². The summed E-state index contributed by atoms with van der Waals surface area (Å²) in [6, 6.07) is 25.8. The van der Waals surface area contributed by atoms with E-state index in [2.05, 4.69) is 22.7 Å². The van der Waals surface area contributed by atoms with E-state index in [0.717, 1.165) is 22.4 Å². The van der Waals surface area contributed by atoms with Crippen LogP contribution in [-0.2, 0) is 4.79 Å². The Morgan fingerprint density at radius 2 is 1.52 bits per heavy atom. The maximum absolute atomic E-state index is 11.9. The van der Waals surface area contributed by atoms with Crippen LogP contribution in [0.1, 0.15) is 18.1 Å². The lowest BCUT2D eigenvalue weighted by molar-refractivity contribution is -0.123. The molecule has 0 unspecified atom stereocenters. The summed E-state index contributed by atoms with van der Waals surface area (Å²) in [5.41, 5.74) is 7.67. The fourth-order valence-corrected chi connectivity index (χ4v) is 2.56. The zero-order valence-electron chi connectivity index (χ0n) is 15.5. The fraction of sp³-hybridized carbons (Fsp3) is 0.130. The predicted molar refractivity (Wildman–Crippen MR) is 109 cm³/mol. The van der Waals surface area contributed by atoms with Crippen molar-refractivity contribution in [2.45, 2.75) is 13.8 Å². The molecule has 0 radical (unpaired) electrons. The summed E-state index contributed by atoms with van der Waals surface area (Å²) in [5.74, 6) is 0.365. The van der Waals surface area contributed by atoms with Crippen LogP contribution in [0.25, 0.3) is 11.1 Å². The number of amides is 1. The molecule has 0 fully saturated rings. The monoisotopic (exact) mass is 358 g/mol. The van der Waals surface area contributed by atoms with Gasteiger partial charge >= 0.3 is 0 Å². The fourth-order valence-electron chi connectivity index (χ4n) is 2.56. The van der Waals surface area contributed by atoms with Crippen molar-refractivity contribution in [3.8, 4) is 16.9 Å². The van der Waals surface area contributed by atoms with E-state index < -0.39 is 0 Å². The van der Waals surface area contributed by atoms with Crippen molar-refractivity contribution in [1.82, 2.24) is 5.43 Å². The van der Waals surface area contributed by atoms with Crippen molar-refractivity contribution in [3.05, 3.63) is 90.0 Å². The van der Waals surface area contributed by atoms with Crippen LogP contribution in [0, 0.1) is 6.92 Å². The third kappa shape index (κ3) is 5.28. The number of carbonyl (C=O) groups excluding carboxylic acids is 1. The predicted octanol–water partition coefficient (Wildman–Crippen LogP) is 4.58. The highest BCUT2D eigenvalue weighted by Crippen LogP contribution is 2.19. The van der Waals surface area contributed by atoms with Gasteiger partial charge in [-0.25, -0.2) is 5.43 Å². The molecule has 0 saturated heterocycles. The number of rotatable bonds is 6. The summed E-state index contributed by atoms with van der Waals surface area (Å²) in [6.07, 6.45) is 0. The molecule has 27 heavy (non-hydrogen) atoms. The van der Waals surface area contributed by atoms with E-state index in [0.29, 0.717) is 5.75 Å². The Hall–Kier alpha value is -3.40. The summed E-state index contributed by atoms with van der Waals surface area (Å²) in [6.45, 7) is 3.78. The smallest absolute Gasteiger partial charge is 0.277 e. The van der Waals surface area contributed by atoms with Gasteiger partial charge in [-0.05, 0) is 42.7 Å². The molecule has 0 aromatic heterocycles. The molecule has 3 rings (SSSR count). The van der Waals surface area contributed by atoms with Crippen molar-refractivity contribution in [2.75, 3.05) is 6.61 Å². The number of hydrogen-bond acceptors (Lipinski definition) is 3. The number of hydrogen-bond donors (Lipinski definition) is 1. The van der Waals surface area contributed by atoms with Gasteiger partial charge in [0, 0.05) is 0 Å². The number of nitrogens with one attached hydrogen (secondary N) is 1. The number of hydrazone groups is 1. The summed E-state index contributed by atoms with van der Waals surface area (Å²) in [5, 5.41) is 4.16. The zero-order chi connectivity index (χ0) is 19.1. The molecule has 136 valence electrons. The molecule has 0 aliphatic rings. The number of ether oxygens (including phenoxy) is 1. The SMILES string of the molecule is C/C(=N/NC(=O)COc1ccc(C)cc1)c1ccc(-c2ccccc2)cc1. The molecular formula is C23H22N2O2. The minimum atomic E-state index is -0.296. The first-order valence-corrected chi connectivity index (χ1v) is 8.80. The van der Waals surface area contributed by atoms with Crippen LogP contribution >= 0.6 is 0 Å². The van der Waals surface area contributed by atoms with Crippen molar-refractivity contribution in [3.63, 3.8) is 0 Å². The Bertz CT molecular complexity index is 915. The Morgan fingerprint density at radius 3 is 2.19 bits per heavy atom. The molecule has 0 atom stereocenters. The van der Waals surface area contributed by atoms with Gasteiger partial charge in [0.05, 0.1) is 5.71 Å². The lowest BCUT2D eigenvalue weighted by atomic mass is 10.0. The molecular weight excluding hydrogens is 336 g/mol. The highest BCUT2D eigenvalue weighted by Gasteiger charge is 2.04. The molecule has 0 aliphatic heterocycles. The van der Waals surface area contributed by atoms with Crippen LogP contribution < -0.4 is 10.2 Å². The molecule has 3 aromatic rings. The van der Waals surface area contributed by atoms with E-state index in [1.165, 1.54) is 5.56 Å². The second-order valence-electron chi connectivity index (χ2n) is 6.28. The average molecular weight is 358 g/mol. The molecule has 3 aromatic carbocycles. The molecule has 1 N–H and O–H groups in total. The van der Waals surface area contributed by atoms with Crippen LogP contribution in [0.2, 0.25) is 0 Å². The van der Waals surface area contributed by atoms with Crippen molar-refractivity contribution >= 4 is 11.6 Å². The maximum Gasteiger partial charge on any atom is 0.277 e. The van der Waals surface area contributed by atoms with Crippen LogP contribution in [-0.4, -0.2) is 18.2 Å². The second-order valence-corrected chi connectivity index (χ2v) is 6.28. The van der Waals surface area contributed by atoms with Gasteiger partial charge < -0.3 is 4.74 Å². The van der Waals surface area contributed by atoms with Gasteiger partial charge in [0.15, 0.2) is 6.61 Å². The number of aryl methyl sites for hydroxylation is 1. The second kappa shape index (κ2) is 8.81. The Morgan fingerprint density at radius 1 is 0.889 bits per heavy atom. The Balaban J connectivity index is 1.55. The van der Waals surface area contributed by atoms with Gasteiger partial charge in [-0.1, -0.05) is 72.3 Å². The van der Waals surface area contributed by atoms with E-state index in [1.807, 2.05) is 80.6 Å². The minimum absolute atomic E-state index is 0.0766. The summed E-state index contributed by atoms with van der Waals surface area (Å²) >= 11 is 0. The highest BCUT2D eigenvalue weighted by atomic mass is 16.5. The lowest BCUT2D eigenvalue weighted by Gasteiger charge is -2.07. The number of benzene rings is 3. The summed E-state index contributed by atoms with van der Waals surface area (Å²) in [7, 11) is 0. The molecule has 0 aliphatic carbocycles. The topological polar surface area (TPSA) is 50.7 Å². The van der Waals surface area contributed by atoms with Crippen LogP contribution in [0.15, 0.2) is 84.0 Å². The number of nitrogens with zero attached hydrogens (tertiary/aromatic N) is 1. The quantitative estimate of drug-likeness (QED) is 0.518. The third-order valence-corrected chi connectivity index (χ3v) is 4.15. The first-order valence-electron chi connectivity index (χ1n) is 8.80. The molecule has 0 spiro atoms. The largest absolute Gasteiger partial charge is 0.484 e. The molecule has 0 saturated carbocycles. The van der Waals surface area contributed by atoms with Gasteiger partial charge in [0.1, 0.15) is 5.75 Å². The van der Waals surface area contributed by atoms with E-state index >= 15 is 0 Å². The van der Waals surface area contributed by atoms with Crippen LogP contribution in [0.4, 0.5) is 0 Å². The summed E-state index contributed by atoms with van der Waals surface area (Å²) in [4.78, 5) is 11.9. The van der Waals surface area contributed by atoms with Crippen LogP contribution in [0.3, 0.4) is 0 Å². The first-order chi connectivity index (χ1) is 13.1. The molecule has 0 bridgehead atoms. The van der Waals surface area contributed by atoms with Gasteiger partial charge in [0.2, 0.25) is 0 Å². The van der Waals surface area contributed by atoms with Gasteiger partial charge in [0.25, 0.3) is 5.91 Å². The average Bonchev–Trinajstić information content (AvgIpc) is 2.72. The normalized spacial score (nSPS) is 11.1. The highest BCUT2D eigenvalue weighted by molar-refractivity contribution is 5.99. The summed E-state index contributed by atoms with van der Waals surface area (Å²) < 4.78 is 5.44. The van der Waals surface area contributed by atoms with Crippen molar-refractivity contribution in [1.29, 1.82) is 0 Å². The van der Waals surface area contributed by atoms with Gasteiger partial charge in [-0.15, -0.1) is 0 Å². The Kier molecular flexibility index (Phi) is 6.00. The molecule has 4 heteroatoms. The standard InChI is InChI=1S/C23H22N2O2/c1-17-8-14-22(15-9-17)27-16-23(26)25-24-18(2)19-10-12-21(13-11-19)20-6-4-3-5-7-20/h3-15H,16H2,1-2H3,(H,25,26)/b24-18-. The Labute approximate surface area is 159 Å². The van der Waals surface area contributed by atoms with Crippen molar-refractivity contribution in [2.24, 2.45) is 5.10 Å². The van der Waals surface area contributed by atoms with E-state index in [1.54, 1.807) is 0 Å². The van der Waals surface area contributed by atoms with E-state index in [9.17, 15) is 4.79 Å². The minimum Gasteiger partial charge on any atom is -0.484 e. The van der Waals surface area contributed by atoms with Crippen molar-refractivity contribution < 1.29 is 9.53 Å².